The topological polar surface area (TPSA) is 95.5 Å². The van der Waals surface area contributed by atoms with Crippen LogP contribution in [0.15, 0.2) is 29.2 Å². The third kappa shape index (κ3) is 4.10. The number of carboxylic acid groups (broad SMARTS) is 1. The molecule has 18 heavy (non-hydrogen) atoms. The Labute approximate surface area is 106 Å². The first kappa shape index (κ1) is 14.6. The second kappa shape index (κ2) is 6.48. The summed E-state index contributed by atoms with van der Waals surface area (Å²) in [5, 5.41) is 11.6. The molecule has 0 bridgehead atoms. The quantitative estimate of drug-likeness (QED) is 0.619. The summed E-state index contributed by atoms with van der Waals surface area (Å²) < 4.78 is 26.0. The Kier molecular flexibility index (Phi) is 5.26. The Hall–Kier alpha value is -1.44. The molecule has 0 saturated heterocycles. The molecule has 0 aliphatic carbocycles. The molecule has 1 aromatic carbocycles. The highest BCUT2D eigenvalue weighted by molar-refractivity contribution is 7.89. The van der Waals surface area contributed by atoms with Gasteiger partial charge in [0, 0.05) is 6.54 Å². The molecular weight excluding hydrogens is 256 g/mol. The fraction of sp³-hybridized carbons (Fsp3) is 0.364. The molecule has 6 nitrogen and oxygen atoms in total. The molecule has 0 aliphatic rings. The molecule has 1 rings (SSSR count). The van der Waals surface area contributed by atoms with Gasteiger partial charge in [-0.05, 0) is 44.3 Å². The lowest BCUT2D eigenvalue weighted by Gasteiger charge is -2.06. The number of rotatable bonds is 7. The molecule has 0 radical (unpaired) electrons. The molecule has 0 aromatic heterocycles. The molecular formula is C11H16N2O4S. The van der Waals surface area contributed by atoms with E-state index in [-0.39, 0.29) is 10.5 Å². The van der Waals surface area contributed by atoms with Crippen LogP contribution in [-0.4, -0.2) is 39.6 Å². The van der Waals surface area contributed by atoms with E-state index in [1.165, 1.54) is 24.3 Å². The minimum Gasteiger partial charge on any atom is -0.478 e. The molecule has 0 heterocycles. The zero-order valence-electron chi connectivity index (χ0n) is 10.0. The summed E-state index contributed by atoms with van der Waals surface area (Å²) in [6.45, 7) is 1.06. The molecule has 100 valence electrons. The Bertz CT molecular complexity index is 496. The van der Waals surface area contributed by atoms with Crippen molar-refractivity contribution in [3.8, 4) is 0 Å². The van der Waals surface area contributed by atoms with Crippen molar-refractivity contribution in [1.82, 2.24) is 10.0 Å². The normalized spacial score (nSPS) is 11.4. The predicted octanol–water partition coefficient (Wildman–Crippen LogP) is 0.273. The van der Waals surface area contributed by atoms with Crippen molar-refractivity contribution in [3.63, 3.8) is 0 Å². The number of carboxylic acids is 1. The van der Waals surface area contributed by atoms with Gasteiger partial charge in [-0.25, -0.2) is 17.9 Å². The Morgan fingerprint density at radius 2 is 1.83 bits per heavy atom. The van der Waals surface area contributed by atoms with Gasteiger partial charge < -0.3 is 10.4 Å². The van der Waals surface area contributed by atoms with Crippen molar-refractivity contribution >= 4 is 16.0 Å². The second-order valence-corrected chi connectivity index (χ2v) is 5.45. The Balaban J connectivity index is 2.70. The van der Waals surface area contributed by atoms with E-state index in [1.807, 2.05) is 0 Å². The first-order chi connectivity index (χ1) is 8.47. The maximum atomic E-state index is 11.8. The monoisotopic (exact) mass is 272 g/mol. The lowest BCUT2D eigenvalue weighted by molar-refractivity contribution is 0.0696. The summed E-state index contributed by atoms with van der Waals surface area (Å²) in [5.74, 6) is -1.08. The van der Waals surface area contributed by atoms with Crippen LogP contribution < -0.4 is 10.0 Å². The minimum absolute atomic E-state index is 0.0594. The maximum absolute atomic E-state index is 11.8. The highest BCUT2D eigenvalue weighted by atomic mass is 32.2. The minimum atomic E-state index is -3.55. The Morgan fingerprint density at radius 1 is 1.22 bits per heavy atom. The van der Waals surface area contributed by atoms with Crippen molar-refractivity contribution in [2.45, 2.75) is 11.3 Å². The van der Waals surface area contributed by atoms with Crippen LogP contribution in [0.25, 0.3) is 0 Å². The molecule has 1 aromatic rings. The summed E-state index contributed by atoms with van der Waals surface area (Å²) in [4.78, 5) is 10.7. The van der Waals surface area contributed by atoms with Crippen LogP contribution >= 0.6 is 0 Å². The van der Waals surface area contributed by atoms with Crippen LogP contribution in [0, 0.1) is 0 Å². The summed E-state index contributed by atoms with van der Waals surface area (Å²) in [5.41, 5.74) is 0.0594. The number of sulfonamides is 1. The van der Waals surface area contributed by atoms with Gasteiger partial charge in [-0.1, -0.05) is 0 Å². The molecule has 0 spiro atoms. The number of hydrogen-bond donors (Lipinski definition) is 3. The molecule has 3 N–H and O–H groups in total. The van der Waals surface area contributed by atoms with Crippen molar-refractivity contribution < 1.29 is 18.3 Å². The summed E-state index contributed by atoms with van der Waals surface area (Å²) >= 11 is 0. The van der Waals surface area contributed by atoms with Crippen molar-refractivity contribution in [3.05, 3.63) is 29.8 Å². The van der Waals surface area contributed by atoms with Crippen LogP contribution in [0.3, 0.4) is 0 Å². The van der Waals surface area contributed by atoms with E-state index in [0.717, 1.165) is 6.54 Å². The van der Waals surface area contributed by atoms with E-state index < -0.39 is 16.0 Å². The van der Waals surface area contributed by atoms with Crippen LogP contribution in [0.1, 0.15) is 16.8 Å². The van der Waals surface area contributed by atoms with Gasteiger partial charge in [0.25, 0.3) is 0 Å². The van der Waals surface area contributed by atoms with Gasteiger partial charge in [0.05, 0.1) is 10.5 Å². The van der Waals surface area contributed by atoms with Crippen molar-refractivity contribution in [2.24, 2.45) is 0 Å². The van der Waals surface area contributed by atoms with Gasteiger partial charge >= 0.3 is 5.97 Å². The van der Waals surface area contributed by atoms with Gasteiger partial charge in [-0.3, -0.25) is 0 Å². The second-order valence-electron chi connectivity index (χ2n) is 3.68. The van der Waals surface area contributed by atoms with Gasteiger partial charge in [0.15, 0.2) is 0 Å². The molecule has 0 saturated carbocycles. The fourth-order valence-corrected chi connectivity index (χ4v) is 2.41. The molecule has 0 atom stereocenters. The van der Waals surface area contributed by atoms with Gasteiger partial charge in [0.1, 0.15) is 0 Å². The zero-order valence-corrected chi connectivity index (χ0v) is 10.8. The van der Waals surface area contributed by atoms with E-state index in [0.29, 0.717) is 13.0 Å². The number of aromatic carboxylic acids is 1. The van der Waals surface area contributed by atoms with Crippen molar-refractivity contribution in [1.29, 1.82) is 0 Å². The van der Waals surface area contributed by atoms with E-state index in [1.54, 1.807) is 7.05 Å². The molecule has 7 heteroatoms. The smallest absolute Gasteiger partial charge is 0.335 e. The fourth-order valence-electron chi connectivity index (χ4n) is 1.33. The Morgan fingerprint density at radius 3 is 2.33 bits per heavy atom. The third-order valence-electron chi connectivity index (χ3n) is 2.31. The van der Waals surface area contributed by atoms with E-state index in [4.69, 9.17) is 5.11 Å². The predicted molar refractivity (Wildman–Crippen MR) is 67.1 cm³/mol. The largest absolute Gasteiger partial charge is 0.478 e. The third-order valence-corrected chi connectivity index (χ3v) is 3.78. The van der Waals surface area contributed by atoms with Crippen LogP contribution in [0.5, 0.6) is 0 Å². The first-order valence-corrected chi connectivity index (χ1v) is 6.93. The summed E-state index contributed by atoms with van der Waals surface area (Å²) in [6.07, 6.45) is 0.683. The van der Waals surface area contributed by atoms with Gasteiger partial charge in [-0.2, -0.15) is 0 Å². The van der Waals surface area contributed by atoms with E-state index >= 15 is 0 Å². The molecule has 0 amide bonds. The van der Waals surface area contributed by atoms with Crippen molar-refractivity contribution in [2.75, 3.05) is 20.1 Å². The molecule has 0 fully saturated rings. The SMILES string of the molecule is CNCCCNS(=O)(=O)c1ccc(C(=O)O)cc1. The number of carbonyl (C=O) groups is 1. The van der Waals surface area contributed by atoms with E-state index in [9.17, 15) is 13.2 Å². The van der Waals surface area contributed by atoms with Crippen LogP contribution in [0.2, 0.25) is 0 Å². The number of benzene rings is 1. The average Bonchev–Trinajstić information content (AvgIpc) is 2.35. The number of hydrogen-bond acceptors (Lipinski definition) is 4. The van der Waals surface area contributed by atoms with Gasteiger partial charge in [-0.15, -0.1) is 0 Å². The summed E-state index contributed by atoms with van der Waals surface area (Å²) in [6, 6.07) is 5.10. The lowest BCUT2D eigenvalue weighted by Crippen LogP contribution is -2.26. The van der Waals surface area contributed by atoms with Crippen LogP contribution in [0.4, 0.5) is 0 Å². The average molecular weight is 272 g/mol. The number of nitrogens with one attached hydrogen (secondary N) is 2. The van der Waals surface area contributed by atoms with E-state index in [2.05, 4.69) is 10.0 Å². The maximum Gasteiger partial charge on any atom is 0.335 e. The highest BCUT2D eigenvalue weighted by Crippen LogP contribution is 2.10. The first-order valence-electron chi connectivity index (χ1n) is 5.45. The van der Waals surface area contributed by atoms with Crippen LogP contribution in [-0.2, 0) is 10.0 Å². The molecule has 0 aliphatic heterocycles. The highest BCUT2D eigenvalue weighted by Gasteiger charge is 2.13. The zero-order chi connectivity index (χ0) is 13.6. The summed E-state index contributed by atoms with van der Waals surface area (Å²) in [7, 11) is -1.76. The standard InChI is InChI=1S/C11H16N2O4S/c1-12-7-2-8-13-18(16,17)10-5-3-9(4-6-10)11(14)15/h3-6,12-13H,2,7-8H2,1H3,(H,14,15). The van der Waals surface area contributed by atoms with Gasteiger partial charge in [0.2, 0.25) is 10.0 Å². The lowest BCUT2D eigenvalue weighted by atomic mass is 10.2. The molecule has 0 unspecified atom stereocenters.